The fourth-order valence-electron chi connectivity index (χ4n) is 2.10. The predicted molar refractivity (Wildman–Crippen MR) is 91.6 cm³/mol. The number of benzene rings is 1. The zero-order valence-corrected chi connectivity index (χ0v) is 15.5. The van der Waals surface area contributed by atoms with E-state index in [0.717, 1.165) is 26.7 Å². The van der Waals surface area contributed by atoms with Crippen LogP contribution >= 0.6 is 38.5 Å². The average molecular weight is 439 g/mol. The van der Waals surface area contributed by atoms with Crippen molar-refractivity contribution in [2.24, 2.45) is 0 Å². The molecule has 0 heterocycles. The van der Waals surface area contributed by atoms with Crippen LogP contribution in [0.2, 0.25) is 0 Å². The van der Waals surface area contributed by atoms with Crippen LogP contribution in [0, 0.1) is 3.57 Å². The van der Waals surface area contributed by atoms with Crippen LogP contribution < -0.4 is 0 Å². The third kappa shape index (κ3) is 4.72. The van der Waals surface area contributed by atoms with Crippen LogP contribution in [-0.2, 0) is 0 Å². The predicted octanol–water partition coefficient (Wildman–Crippen LogP) is 3.47. The van der Waals surface area contributed by atoms with Gasteiger partial charge in [-0.2, -0.15) is 0 Å². The number of carbonyl (C=O) groups is 1. The van der Waals surface area contributed by atoms with Crippen LogP contribution in [0.25, 0.3) is 0 Å². The first-order valence-electron chi connectivity index (χ1n) is 6.27. The van der Waals surface area contributed by atoms with E-state index in [1.54, 1.807) is 0 Å². The Bertz CT molecular complexity index is 451. The van der Waals surface area contributed by atoms with E-state index in [4.69, 9.17) is 0 Å². The highest BCUT2D eigenvalue weighted by Crippen LogP contribution is 2.21. The van der Waals surface area contributed by atoms with Crippen LogP contribution in [0.15, 0.2) is 22.7 Å². The summed E-state index contributed by atoms with van der Waals surface area (Å²) < 4.78 is 1.92. The second-order valence-electron chi connectivity index (χ2n) is 4.83. The van der Waals surface area contributed by atoms with Crippen molar-refractivity contribution < 1.29 is 4.79 Å². The lowest BCUT2D eigenvalue weighted by Crippen LogP contribution is -2.43. The lowest BCUT2D eigenvalue weighted by atomic mass is 10.1. The van der Waals surface area contributed by atoms with Crippen LogP contribution in [0.5, 0.6) is 0 Å². The zero-order valence-electron chi connectivity index (χ0n) is 11.8. The Morgan fingerprint density at radius 3 is 2.58 bits per heavy atom. The number of carbonyl (C=O) groups excluding carboxylic acids is 1. The Morgan fingerprint density at radius 2 is 2.05 bits per heavy atom. The fraction of sp³-hybridized carbons (Fsp3) is 0.500. The molecule has 1 atom stereocenters. The number of amides is 1. The largest absolute Gasteiger partial charge is 0.335 e. The maximum atomic E-state index is 12.7. The highest BCUT2D eigenvalue weighted by atomic mass is 127. The lowest BCUT2D eigenvalue weighted by molar-refractivity contribution is 0.0678. The maximum Gasteiger partial charge on any atom is 0.255 e. The molecular weight excluding hydrogens is 419 g/mol. The molecule has 0 aliphatic heterocycles. The van der Waals surface area contributed by atoms with E-state index in [0.29, 0.717) is 0 Å². The summed E-state index contributed by atoms with van der Waals surface area (Å²) in [5.74, 6) is 0.0996. The summed E-state index contributed by atoms with van der Waals surface area (Å²) in [6.45, 7) is 5.70. The van der Waals surface area contributed by atoms with Crippen molar-refractivity contribution in [1.82, 2.24) is 9.80 Å². The molecule has 1 rings (SSSR count). The summed E-state index contributed by atoms with van der Waals surface area (Å²) in [6.07, 6.45) is 0. The van der Waals surface area contributed by atoms with Gasteiger partial charge in [0, 0.05) is 27.2 Å². The standard InChI is InChI=1S/C14H20BrIN2O/c1-5-18(10(2)9-17(3)4)14(19)12-8-11(15)6-7-13(12)16/h6-8,10H,5,9H2,1-4H3. The van der Waals surface area contributed by atoms with Crippen LogP contribution in [0.3, 0.4) is 0 Å². The second kappa shape index (κ2) is 7.59. The van der Waals surface area contributed by atoms with E-state index in [2.05, 4.69) is 50.3 Å². The van der Waals surface area contributed by atoms with Gasteiger partial charge >= 0.3 is 0 Å². The summed E-state index contributed by atoms with van der Waals surface area (Å²) in [4.78, 5) is 16.7. The first kappa shape index (κ1) is 16.9. The van der Waals surface area contributed by atoms with Gasteiger partial charge in [0.15, 0.2) is 0 Å². The number of halogens is 2. The first-order chi connectivity index (χ1) is 8.86. The highest BCUT2D eigenvalue weighted by Gasteiger charge is 2.22. The molecule has 3 nitrogen and oxygen atoms in total. The molecule has 0 aliphatic rings. The van der Waals surface area contributed by atoms with Crippen molar-refractivity contribution in [3.05, 3.63) is 31.8 Å². The van der Waals surface area contributed by atoms with Crippen molar-refractivity contribution >= 4 is 44.4 Å². The number of hydrogen-bond acceptors (Lipinski definition) is 2. The summed E-state index contributed by atoms with van der Waals surface area (Å²) in [5.41, 5.74) is 0.766. The number of likely N-dealkylation sites (N-methyl/N-ethyl adjacent to an activating group) is 2. The van der Waals surface area contributed by atoms with Gasteiger partial charge in [-0.3, -0.25) is 4.79 Å². The Labute approximate surface area is 137 Å². The molecule has 0 bridgehead atoms. The van der Waals surface area contributed by atoms with Gasteiger partial charge in [0.25, 0.3) is 5.91 Å². The topological polar surface area (TPSA) is 23.6 Å². The molecule has 1 aromatic carbocycles. The molecule has 0 fully saturated rings. The molecule has 19 heavy (non-hydrogen) atoms. The Balaban J connectivity index is 2.98. The number of rotatable bonds is 5. The number of hydrogen-bond donors (Lipinski definition) is 0. The van der Waals surface area contributed by atoms with Gasteiger partial charge in [-0.25, -0.2) is 0 Å². The van der Waals surface area contributed by atoms with Crippen LogP contribution in [0.1, 0.15) is 24.2 Å². The average Bonchev–Trinajstić information content (AvgIpc) is 2.32. The molecule has 106 valence electrons. The third-order valence-corrected chi connectivity index (χ3v) is 4.36. The Kier molecular flexibility index (Phi) is 6.76. The molecule has 0 N–H and O–H groups in total. The van der Waals surface area contributed by atoms with E-state index >= 15 is 0 Å². The molecule has 0 aromatic heterocycles. The number of nitrogens with zero attached hydrogens (tertiary/aromatic N) is 2. The third-order valence-electron chi connectivity index (χ3n) is 2.92. The SMILES string of the molecule is CCN(C(=O)c1cc(Br)ccc1I)C(C)CN(C)C. The second-order valence-corrected chi connectivity index (χ2v) is 6.90. The quantitative estimate of drug-likeness (QED) is 0.657. The molecule has 1 aromatic rings. The van der Waals surface area contributed by atoms with E-state index < -0.39 is 0 Å². The van der Waals surface area contributed by atoms with Gasteiger partial charge in [-0.1, -0.05) is 15.9 Å². The zero-order chi connectivity index (χ0) is 14.6. The smallest absolute Gasteiger partial charge is 0.255 e. The molecule has 1 unspecified atom stereocenters. The Morgan fingerprint density at radius 1 is 1.42 bits per heavy atom. The van der Waals surface area contributed by atoms with Gasteiger partial charge in [-0.05, 0) is 68.7 Å². The molecule has 0 saturated carbocycles. The van der Waals surface area contributed by atoms with Crippen molar-refractivity contribution in [3.8, 4) is 0 Å². The molecule has 1 amide bonds. The minimum atomic E-state index is 0.0996. The van der Waals surface area contributed by atoms with E-state index in [9.17, 15) is 4.79 Å². The normalized spacial score (nSPS) is 12.6. The van der Waals surface area contributed by atoms with Crippen LogP contribution in [0.4, 0.5) is 0 Å². The minimum absolute atomic E-state index is 0.0996. The summed E-state index contributed by atoms with van der Waals surface area (Å²) in [6, 6.07) is 6.01. The van der Waals surface area contributed by atoms with Crippen molar-refractivity contribution in [2.45, 2.75) is 19.9 Å². The first-order valence-corrected chi connectivity index (χ1v) is 8.14. The monoisotopic (exact) mass is 438 g/mol. The highest BCUT2D eigenvalue weighted by molar-refractivity contribution is 14.1. The van der Waals surface area contributed by atoms with Crippen molar-refractivity contribution in [3.63, 3.8) is 0 Å². The van der Waals surface area contributed by atoms with Gasteiger partial charge in [0.1, 0.15) is 0 Å². The lowest BCUT2D eigenvalue weighted by Gasteiger charge is -2.30. The summed E-state index contributed by atoms with van der Waals surface area (Å²) in [7, 11) is 4.05. The fourth-order valence-corrected chi connectivity index (χ4v) is 3.03. The van der Waals surface area contributed by atoms with Crippen molar-refractivity contribution in [1.29, 1.82) is 0 Å². The maximum absolute atomic E-state index is 12.7. The molecule has 0 saturated heterocycles. The molecule has 0 radical (unpaired) electrons. The molecule has 0 aliphatic carbocycles. The van der Waals surface area contributed by atoms with Gasteiger partial charge in [0.05, 0.1) is 5.56 Å². The van der Waals surface area contributed by atoms with Gasteiger partial charge in [0.2, 0.25) is 0 Å². The van der Waals surface area contributed by atoms with Gasteiger partial charge in [-0.15, -0.1) is 0 Å². The molecule has 5 heteroatoms. The molecule has 0 spiro atoms. The molecular formula is C14H20BrIN2O. The van der Waals surface area contributed by atoms with Crippen molar-refractivity contribution in [2.75, 3.05) is 27.2 Å². The summed E-state index contributed by atoms with van der Waals surface area (Å²) in [5, 5.41) is 0. The minimum Gasteiger partial charge on any atom is -0.335 e. The van der Waals surface area contributed by atoms with Gasteiger partial charge < -0.3 is 9.80 Å². The van der Waals surface area contributed by atoms with E-state index in [1.165, 1.54) is 0 Å². The van der Waals surface area contributed by atoms with E-state index in [1.807, 2.05) is 44.1 Å². The van der Waals surface area contributed by atoms with E-state index in [-0.39, 0.29) is 11.9 Å². The summed E-state index contributed by atoms with van der Waals surface area (Å²) >= 11 is 5.64. The van der Waals surface area contributed by atoms with Crippen LogP contribution in [-0.4, -0.2) is 48.9 Å². The Hall–Kier alpha value is -0.140.